The van der Waals surface area contributed by atoms with E-state index in [0.717, 1.165) is 19.3 Å². The lowest BCUT2D eigenvalue weighted by Gasteiger charge is -2.28. The predicted molar refractivity (Wildman–Crippen MR) is 80.9 cm³/mol. The molecular weight excluding hydrogens is 236 g/mol. The average molecular weight is 268 g/mol. The van der Waals surface area contributed by atoms with E-state index < -0.39 is 0 Å². The van der Waals surface area contributed by atoms with Crippen LogP contribution in [0.2, 0.25) is 0 Å². The van der Waals surface area contributed by atoms with Gasteiger partial charge in [-0.3, -0.25) is 4.79 Å². The number of rotatable bonds is 8. The summed E-state index contributed by atoms with van der Waals surface area (Å²) in [4.78, 5) is 12.0. The van der Waals surface area contributed by atoms with Crippen molar-refractivity contribution in [2.45, 2.75) is 90.1 Å². The molecule has 0 radical (unpaired) electrons. The molecule has 3 atom stereocenters. The predicted octanol–water partition coefficient (Wildman–Crippen LogP) is 3.37. The van der Waals surface area contributed by atoms with Crippen LogP contribution in [0.1, 0.15) is 78.1 Å². The molecule has 1 amide bonds. The van der Waals surface area contributed by atoms with Gasteiger partial charge in [0.25, 0.3) is 0 Å². The second-order valence-electron chi connectivity index (χ2n) is 6.23. The molecule has 112 valence electrons. The van der Waals surface area contributed by atoms with Crippen LogP contribution in [-0.4, -0.2) is 18.0 Å². The zero-order valence-corrected chi connectivity index (χ0v) is 12.8. The molecule has 3 unspecified atom stereocenters. The highest BCUT2D eigenvalue weighted by Gasteiger charge is 2.24. The third-order valence-corrected chi connectivity index (χ3v) is 4.31. The van der Waals surface area contributed by atoms with Gasteiger partial charge in [-0.2, -0.15) is 0 Å². The van der Waals surface area contributed by atoms with Crippen LogP contribution in [0.3, 0.4) is 0 Å². The quantitative estimate of drug-likeness (QED) is 0.663. The molecule has 3 nitrogen and oxygen atoms in total. The van der Waals surface area contributed by atoms with Crippen molar-refractivity contribution in [2.24, 2.45) is 11.7 Å². The molecule has 1 aliphatic rings. The number of carbonyl (C=O) groups is 1. The third kappa shape index (κ3) is 6.95. The van der Waals surface area contributed by atoms with Gasteiger partial charge in [-0.15, -0.1) is 0 Å². The Morgan fingerprint density at radius 1 is 1.26 bits per heavy atom. The Hall–Kier alpha value is -0.570. The highest BCUT2D eigenvalue weighted by atomic mass is 16.1. The van der Waals surface area contributed by atoms with Gasteiger partial charge in [0.1, 0.15) is 0 Å². The van der Waals surface area contributed by atoms with E-state index in [0.29, 0.717) is 18.4 Å². The van der Waals surface area contributed by atoms with Crippen molar-refractivity contribution < 1.29 is 4.79 Å². The first kappa shape index (κ1) is 16.5. The van der Waals surface area contributed by atoms with Crippen LogP contribution < -0.4 is 11.1 Å². The topological polar surface area (TPSA) is 55.1 Å². The largest absolute Gasteiger partial charge is 0.354 e. The van der Waals surface area contributed by atoms with Crippen molar-refractivity contribution in [1.82, 2.24) is 5.32 Å². The second kappa shape index (κ2) is 9.35. The molecule has 0 aromatic carbocycles. The van der Waals surface area contributed by atoms with E-state index in [1.165, 1.54) is 38.5 Å². The standard InChI is InChI=1S/C16H32N2O/c1-3-4-5-6-9-13(2)18-16(19)12-14-10-7-8-11-15(14)17/h13-15H,3-12,17H2,1-2H3,(H,18,19). The van der Waals surface area contributed by atoms with Crippen molar-refractivity contribution >= 4 is 5.91 Å². The number of carbonyl (C=O) groups excluding carboxylic acids is 1. The molecule has 0 saturated heterocycles. The lowest BCUT2D eigenvalue weighted by atomic mass is 9.83. The fourth-order valence-electron chi connectivity index (χ4n) is 3.01. The van der Waals surface area contributed by atoms with Crippen LogP contribution >= 0.6 is 0 Å². The summed E-state index contributed by atoms with van der Waals surface area (Å²) in [5, 5.41) is 3.13. The SMILES string of the molecule is CCCCCCC(C)NC(=O)CC1CCCCC1N. The molecule has 0 spiro atoms. The molecule has 19 heavy (non-hydrogen) atoms. The molecule has 1 saturated carbocycles. The Kier molecular flexibility index (Phi) is 8.11. The van der Waals surface area contributed by atoms with Crippen LogP contribution in [0.4, 0.5) is 0 Å². The Morgan fingerprint density at radius 3 is 2.68 bits per heavy atom. The normalized spacial score (nSPS) is 25.0. The summed E-state index contributed by atoms with van der Waals surface area (Å²) >= 11 is 0. The van der Waals surface area contributed by atoms with Gasteiger partial charge in [0.15, 0.2) is 0 Å². The molecule has 3 N–H and O–H groups in total. The first-order chi connectivity index (χ1) is 9.13. The molecule has 0 heterocycles. The van der Waals surface area contributed by atoms with Crippen LogP contribution in [0.15, 0.2) is 0 Å². The van der Waals surface area contributed by atoms with Gasteiger partial charge in [-0.1, -0.05) is 45.4 Å². The first-order valence-corrected chi connectivity index (χ1v) is 8.18. The molecule has 1 rings (SSSR count). The maximum absolute atomic E-state index is 12.0. The van der Waals surface area contributed by atoms with Gasteiger partial charge in [0.05, 0.1) is 0 Å². The van der Waals surface area contributed by atoms with Gasteiger partial charge < -0.3 is 11.1 Å². The minimum atomic E-state index is 0.199. The zero-order valence-electron chi connectivity index (χ0n) is 12.8. The maximum atomic E-state index is 12.0. The number of nitrogens with one attached hydrogen (secondary N) is 1. The smallest absolute Gasteiger partial charge is 0.220 e. The van der Waals surface area contributed by atoms with E-state index in [1.54, 1.807) is 0 Å². The van der Waals surface area contributed by atoms with Gasteiger partial charge in [0, 0.05) is 18.5 Å². The van der Waals surface area contributed by atoms with E-state index >= 15 is 0 Å². The van der Waals surface area contributed by atoms with Gasteiger partial charge in [-0.05, 0) is 32.1 Å². The van der Waals surface area contributed by atoms with Crippen molar-refractivity contribution in [2.75, 3.05) is 0 Å². The highest BCUT2D eigenvalue weighted by molar-refractivity contribution is 5.76. The lowest BCUT2D eigenvalue weighted by molar-refractivity contribution is -0.123. The van der Waals surface area contributed by atoms with Crippen molar-refractivity contribution in [3.05, 3.63) is 0 Å². The van der Waals surface area contributed by atoms with Crippen LogP contribution in [-0.2, 0) is 4.79 Å². The Morgan fingerprint density at radius 2 is 2.00 bits per heavy atom. The Bertz CT molecular complexity index is 255. The Labute approximate surface area is 118 Å². The summed E-state index contributed by atoms with van der Waals surface area (Å²) < 4.78 is 0. The van der Waals surface area contributed by atoms with Crippen LogP contribution in [0.25, 0.3) is 0 Å². The van der Waals surface area contributed by atoms with Crippen molar-refractivity contribution in [3.63, 3.8) is 0 Å². The summed E-state index contributed by atoms with van der Waals surface area (Å²) in [6.07, 6.45) is 11.5. The van der Waals surface area contributed by atoms with E-state index in [9.17, 15) is 4.79 Å². The van der Waals surface area contributed by atoms with E-state index in [1.807, 2.05) is 0 Å². The summed E-state index contributed by atoms with van der Waals surface area (Å²) in [7, 11) is 0. The number of hydrogen-bond donors (Lipinski definition) is 2. The third-order valence-electron chi connectivity index (χ3n) is 4.31. The zero-order chi connectivity index (χ0) is 14.1. The van der Waals surface area contributed by atoms with Crippen molar-refractivity contribution in [1.29, 1.82) is 0 Å². The molecular formula is C16H32N2O. The molecule has 1 aliphatic carbocycles. The summed E-state index contributed by atoms with van der Waals surface area (Å²) in [5.41, 5.74) is 6.09. The maximum Gasteiger partial charge on any atom is 0.220 e. The molecule has 0 aromatic heterocycles. The number of nitrogens with two attached hydrogens (primary N) is 1. The molecule has 1 fully saturated rings. The van der Waals surface area contributed by atoms with E-state index in [2.05, 4.69) is 19.2 Å². The molecule has 3 heteroatoms. The molecule has 0 aromatic rings. The van der Waals surface area contributed by atoms with Crippen molar-refractivity contribution in [3.8, 4) is 0 Å². The van der Waals surface area contributed by atoms with Gasteiger partial charge in [0.2, 0.25) is 5.91 Å². The van der Waals surface area contributed by atoms with Gasteiger partial charge in [-0.25, -0.2) is 0 Å². The van der Waals surface area contributed by atoms with Crippen LogP contribution in [0, 0.1) is 5.92 Å². The Balaban J connectivity index is 2.15. The fourth-order valence-corrected chi connectivity index (χ4v) is 3.01. The van der Waals surface area contributed by atoms with Gasteiger partial charge >= 0.3 is 0 Å². The minimum Gasteiger partial charge on any atom is -0.354 e. The number of hydrogen-bond acceptors (Lipinski definition) is 2. The molecule has 0 aliphatic heterocycles. The average Bonchev–Trinajstić information content (AvgIpc) is 2.37. The first-order valence-electron chi connectivity index (χ1n) is 8.18. The monoisotopic (exact) mass is 268 g/mol. The highest BCUT2D eigenvalue weighted by Crippen LogP contribution is 2.25. The van der Waals surface area contributed by atoms with E-state index in [-0.39, 0.29) is 11.9 Å². The minimum absolute atomic E-state index is 0.199. The summed E-state index contributed by atoms with van der Waals surface area (Å²) in [6.45, 7) is 4.34. The number of unbranched alkanes of at least 4 members (excludes halogenated alkanes) is 3. The van der Waals surface area contributed by atoms with E-state index in [4.69, 9.17) is 5.73 Å². The summed E-state index contributed by atoms with van der Waals surface area (Å²) in [5.74, 6) is 0.603. The van der Waals surface area contributed by atoms with Crippen LogP contribution in [0.5, 0.6) is 0 Å². The fraction of sp³-hybridized carbons (Fsp3) is 0.938. The molecule has 0 bridgehead atoms. The number of amides is 1. The second-order valence-corrected chi connectivity index (χ2v) is 6.23. The lowest BCUT2D eigenvalue weighted by Crippen LogP contribution is -2.39. The summed E-state index contributed by atoms with van der Waals surface area (Å²) in [6, 6.07) is 0.545.